The molecule has 2 aliphatic rings. The summed E-state index contributed by atoms with van der Waals surface area (Å²) in [5.74, 6) is -2.60. The molecule has 1 aromatic carbocycles. The number of carboxylic acids is 1. The van der Waals surface area contributed by atoms with Crippen LogP contribution in [-0.4, -0.2) is 78.8 Å². The number of carboxylic acid groups (broad SMARTS) is 1. The molecule has 0 saturated carbocycles. The van der Waals surface area contributed by atoms with Gasteiger partial charge in [0.2, 0.25) is 5.91 Å². The maximum atomic E-state index is 12.5. The van der Waals surface area contributed by atoms with Crippen molar-refractivity contribution >= 4 is 23.6 Å². The third kappa shape index (κ3) is 6.34. The lowest BCUT2D eigenvalue weighted by Gasteiger charge is -2.31. The van der Waals surface area contributed by atoms with Gasteiger partial charge >= 0.3 is 18.2 Å². The second kappa shape index (κ2) is 9.12. The van der Waals surface area contributed by atoms with Crippen molar-refractivity contribution < 1.29 is 32.7 Å². The van der Waals surface area contributed by atoms with Crippen LogP contribution < -0.4 is 10.6 Å². The summed E-state index contributed by atoms with van der Waals surface area (Å²) in [6.07, 6.45) is -4.58. The van der Waals surface area contributed by atoms with E-state index >= 15 is 0 Å². The molecule has 3 rings (SSSR count). The molecule has 8 nitrogen and oxygen atoms in total. The molecule has 1 spiro atoms. The highest BCUT2D eigenvalue weighted by atomic mass is 19.4. The van der Waals surface area contributed by atoms with Gasteiger partial charge in [-0.1, -0.05) is 18.2 Å². The smallest absolute Gasteiger partial charge is 0.475 e. The van der Waals surface area contributed by atoms with Crippen molar-refractivity contribution in [2.45, 2.75) is 12.6 Å². The number of aliphatic carboxylic acids is 1. The molecule has 3 amide bonds. The molecular weight excluding hydrogens is 393 g/mol. The van der Waals surface area contributed by atoms with Crippen LogP contribution in [0, 0.1) is 5.41 Å². The number of carbonyl (C=O) groups excluding carboxylic acids is 2. The summed E-state index contributed by atoms with van der Waals surface area (Å²) >= 11 is 0. The first-order valence-corrected chi connectivity index (χ1v) is 8.88. The molecule has 0 aromatic heterocycles. The predicted octanol–water partition coefficient (Wildman–Crippen LogP) is 1.61. The zero-order valence-corrected chi connectivity index (χ0v) is 15.8. The van der Waals surface area contributed by atoms with E-state index in [9.17, 15) is 22.8 Å². The van der Waals surface area contributed by atoms with Crippen LogP contribution in [0.2, 0.25) is 0 Å². The van der Waals surface area contributed by atoms with Crippen LogP contribution >= 0.6 is 0 Å². The van der Waals surface area contributed by atoms with Crippen molar-refractivity contribution in [3.63, 3.8) is 0 Å². The fourth-order valence-corrected chi connectivity index (χ4v) is 3.33. The molecule has 0 aliphatic carbocycles. The van der Waals surface area contributed by atoms with Crippen LogP contribution in [0.4, 0.5) is 23.7 Å². The van der Waals surface area contributed by atoms with Gasteiger partial charge in [0.15, 0.2) is 0 Å². The number of hydrogen-bond donors (Lipinski definition) is 3. The number of rotatable bonds is 1. The second-order valence-electron chi connectivity index (χ2n) is 7.12. The highest BCUT2D eigenvalue weighted by Crippen LogP contribution is 2.32. The van der Waals surface area contributed by atoms with Crippen LogP contribution in [0.15, 0.2) is 30.3 Å². The Morgan fingerprint density at radius 2 is 1.83 bits per heavy atom. The van der Waals surface area contributed by atoms with Crippen LogP contribution in [-0.2, 0) is 9.59 Å². The van der Waals surface area contributed by atoms with E-state index in [0.717, 1.165) is 18.8 Å². The van der Waals surface area contributed by atoms with Gasteiger partial charge in [-0.25, -0.2) is 9.59 Å². The van der Waals surface area contributed by atoms with Crippen LogP contribution in [0.25, 0.3) is 0 Å². The minimum atomic E-state index is -5.08. The van der Waals surface area contributed by atoms with Crippen LogP contribution in [0.5, 0.6) is 0 Å². The predicted molar refractivity (Wildman–Crippen MR) is 98.3 cm³/mol. The topological polar surface area (TPSA) is 102 Å². The quantitative estimate of drug-likeness (QED) is 0.646. The number of nitrogens with one attached hydrogen (secondary N) is 2. The minimum absolute atomic E-state index is 0.101. The number of benzene rings is 1. The van der Waals surface area contributed by atoms with Crippen molar-refractivity contribution in [3.05, 3.63) is 30.3 Å². The maximum absolute atomic E-state index is 12.5. The maximum Gasteiger partial charge on any atom is 0.490 e. The molecule has 2 fully saturated rings. The summed E-state index contributed by atoms with van der Waals surface area (Å²) in [5, 5.41) is 13.4. The van der Waals surface area contributed by atoms with Gasteiger partial charge in [-0.2, -0.15) is 13.2 Å². The van der Waals surface area contributed by atoms with Gasteiger partial charge in [0.25, 0.3) is 0 Å². The lowest BCUT2D eigenvalue weighted by molar-refractivity contribution is -0.192. The standard InChI is InChI=1S/C16H22N4O2.C2HF3O2/c1-19-11-16(9-14(19)21)10-17-7-8-20(12-16)15(22)18-13-5-3-2-4-6-13;3-2(4,5)1(6)7/h2-6,17H,7-12H2,1H3,(H,18,22);(H,6,7). The van der Waals surface area contributed by atoms with Gasteiger partial charge in [0.1, 0.15) is 0 Å². The Morgan fingerprint density at radius 3 is 2.34 bits per heavy atom. The highest BCUT2D eigenvalue weighted by molar-refractivity contribution is 5.89. The van der Waals surface area contributed by atoms with Crippen molar-refractivity contribution in [3.8, 4) is 0 Å². The third-order valence-corrected chi connectivity index (χ3v) is 4.66. The molecule has 11 heteroatoms. The summed E-state index contributed by atoms with van der Waals surface area (Å²) < 4.78 is 31.7. The number of hydrogen-bond acceptors (Lipinski definition) is 4. The molecule has 2 saturated heterocycles. The number of carbonyl (C=O) groups is 3. The first-order valence-electron chi connectivity index (χ1n) is 8.88. The van der Waals surface area contributed by atoms with E-state index in [0.29, 0.717) is 26.1 Å². The van der Waals surface area contributed by atoms with E-state index in [4.69, 9.17) is 9.90 Å². The number of nitrogens with zero attached hydrogens (tertiary/aromatic N) is 2. The van der Waals surface area contributed by atoms with Gasteiger partial charge in [-0.3, -0.25) is 4.79 Å². The number of para-hydroxylation sites is 1. The van der Waals surface area contributed by atoms with E-state index in [1.54, 1.807) is 4.90 Å². The lowest BCUT2D eigenvalue weighted by atomic mass is 9.86. The lowest BCUT2D eigenvalue weighted by Crippen LogP contribution is -2.45. The molecule has 1 atom stereocenters. The fraction of sp³-hybridized carbons (Fsp3) is 0.500. The molecule has 0 radical (unpaired) electrons. The minimum Gasteiger partial charge on any atom is -0.475 e. The number of amides is 3. The number of urea groups is 1. The number of likely N-dealkylation sites (tertiary alicyclic amines) is 1. The Bertz CT molecular complexity index is 744. The molecular formula is C18H23F3N4O4. The molecule has 1 aromatic rings. The fourth-order valence-electron chi connectivity index (χ4n) is 3.33. The molecule has 0 bridgehead atoms. The highest BCUT2D eigenvalue weighted by Gasteiger charge is 2.44. The third-order valence-electron chi connectivity index (χ3n) is 4.66. The summed E-state index contributed by atoms with van der Waals surface area (Å²) in [6.45, 7) is 3.49. The summed E-state index contributed by atoms with van der Waals surface area (Å²) in [6, 6.07) is 9.35. The Labute approximate surface area is 165 Å². The van der Waals surface area contributed by atoms with E-state index in [-0.39, 0.29) is 17.4 Å². The first-order chi connectivity index (χ1) is 13.5. The summed E-state index contributed by atoms with van der Waals surface area (Å²) in [7, 11) is 1.83. The second-order valence-corrected chi connectivity index (χ2v) is 7.12. The summed E-state index contributed by atoms with van der Waals surface area (Å²) in [5.41, 5.74) is 0.620. The van der Waals surface area contributed by atoms with Crippen LogP contribution in [0.3, 0.4) is 0 Å². The van der Waals surface area contributed by atoms with Crippen molar-refractivity contribution in [2.24, 2.45) is 5.41 Å². The number of halogens is 3. The zero-order valence-electron chi connectivity index (χ0n) is 15.8. The average molecular weight is 416 g/mol. The van der Waals surface area contributed by atoms with Gasteiger partial charge in [0.05, 0.1) is 0 Å². The Balaban J connectivity index is 0.000000370. The van der Waals surface area contributed by atoms with E-state index in [1.807, 2.05) is 42.3 Å². The van der Waals surface area contributed by atoms with Crippen molar-refractivity contribution in [1.29, 1.82) is 0 Å². The number of anilines is 1. The van der Waals surface area contributed by atoms with Gasteiger partial charge in [-0.05, 0) is 12.1 Å². The van der Waals surface area contributed by atoms with Crippen molar-refractivity contribution in [2.75, 3.05) is 45.1 Å². The molecule has 2 aliphatic heterocycles. The molecule has 29 heavy (non-hydrogen) atoms. The SMILES string of the molecule is CN1CC2(CNCCN(C(=O)Nc3ccccc3)C2)CC1=O.O=C(O)C(F)(F)F. The van der Waals surface area contributed by atoms with Gasteiger partial charge in [-0.15, -0.1) is 0 Å². The zero-order chi connectivity index (χ0) is 21.7. The molecule has 3 N–H and O–H groups in total. The Hall–Kier alpha value is -2.82. The van der Waals surface area contributed by atoms with Crippen LogP contribution in [0.1, 0.15) is 6.42 Å². The molecule has 160 valence electrons. The largest absolute Gasteiger partial charge is 0.490 e. The van der Waals surface area contributed by atoms with E-state index in [2.05, 4.69) is 10.6 Å². The van der Waals surface area contributed by atoms with E-state index < -0.39 is 12.1 Å². The Morgan fingerprint density at radius 1 is 1.21 bits per heavy atom. The summed E-state index contributed by atoms with van der Waals surface area (Å²) in [4.78, 5) is 36.9. The van der Waals surface area contributed by atoms with Gasteiger partial charge in [0, 0.05) is 57.3 Å². The monoisotopic (exact) mass is 416 g/mol. The normalized spacial score (nSPS) is 22.0. The average Bonchev–Trinajstić information content (AvgIpc) is 2.80. The Kier molecular flexibility index (Phi) is 7.07. The van der Waals surface area contributed by atoms with Gasteiger partial charge < -0.3 is 25.5 Å². The first kappa shape index (κ1) is 22.5. The number of alkyl halides is 3. The molecule has 2 heterocycles. The molecule has 1 unspecified atom stereocenters. The van der Waals surface area contributed by atoms with E-state index in [1.165, 1.54) is 0 Å². The van der Waals surface area contributed by atoms with Crippen molar-refractivity contribution in [1.82, 2.24) is 15.1 Å².